The van der Waals surface area contributed by atoms with Crippen LogP contribution in [0.25, 0.3) is 0 Å². The van der Waals surface area contributed by atoms with E-state index in [4.69, 9.17) is 14.2 Å². The van der Waals surface area contributed by atoms with Crippen molar-refractivity contribution in [2.45, 2.75) is 38.5 Å². The summed E-state index contributed by atoms with van der Waals surface area (Å²) >= 11 is 0. The zero-order valence-electron chi connectivity index (χ0n) is 16.2. The molecule has 0 saturated carbocycles. The highest BCUT2D eigenvalue weighted by atomic mass is 16.5. The summed E-state index contributed by atoms with van der Waals surface area (Å²) in [5.41, 5.74) is 8.25. The molecule has 0 fully saturated rings. The van der Waals surface area contributed by atoms with Crippen LogP contribution in [0.3, 0.4) is 0 Å². The highest BCUT2D eigenvalue weighted by Crippen LogP contribution is 2.18. The molecule has 0 aliphatic carbocycles. The molecule has 4 rings (SSSR count). The average molecular weight is 367 g/mol. The van der Waals surface area contributed by atoms with Crippen LogP contribution in [-0.2, 0) is 52.7 Å². The smallest absolute Gasteiger partial charge is 0.0506 e. The molecular formula is C24H30O3. The number of hydrogen-bond donors (Lipinski definition) is 0. The minimum atomic E-state index is 0.778. The molecule has 2 aliphatic rings. The Kier molecular flexibility index (Phi) is 6.57. The van der Waals surface area contributed by atoms with Gasteiger partial charge in [-0.2, -0.15) is 0 Å². The van der Waals surface area contributed by atoms with Gasteiger partial charge >= 0.3 is 0 Å². The van der Waals surface area contributed by atoms with Crippen LogP contribution >= 0.6 is 0 Å². The van der Waals surface area contributed by atoms with Crippen molar-refractivity contribution in [3.63, 3.8) is 0 Å². The van der Waals surface area contributed by atoms with Crippen molar-refractivity contribution in [3.8, 4) is 0 Å². The average Bonchev–Trinajstić information content (AvgIpc) is 2.67. The predicted octanol–water partition coefficient (Wildman–Crippen LogP) is 3.72. The first-order valence-corrected chi connectivity index (χ1v) is 10.3. The lowest BCUT2D eigenvalue weighted by molar-refractivity contribution is 0.137. The van der Waals surface area contributed by atoms with E-state index in [0.717, 1.165) is 78.2 Å². The molecule has 3 heteroatoms. The summed E-state index contributed by atoms with van der Waals surface area (Å²) in [6.07, 6.45) is 5.80. The van der Waals surface area contributed by atoms with Crippen molar-refractivity contribution in [1.82, 2.24) is 0 Å². The van der Waals surface area contributed by atoms with Crippen LogP contribution in [0, 0.1) is 0 Å². The van der Waals surface area contributed by atoms with Crippen molar-refractivity contribution in [2.24, 2.45) is 0 Å². The van der Waals surface area contributed by atoms with Crippen molar-refractivity contribution < 1.29 is 14.2 Å². The topological polar surface area (TPSA) is 27.7 Å². The van der Waals surface area contributed by atoms with Crippen molar-refractivity contribution in [3.05, 3.63) is 69.8 Å². The molecular weight excluding hydrogens is 336 g/mol. The minimum Gasteiger partial charge on any atom is -0.381 e. The maximum absolute atomic E-state index is 6.00. The second-order valence-electron chi connectivity index (χ2n) is 7.60. The van der Waals surface area contributed by atoms with Gasteiger partial charge in [0.1, 0.15) is 0 Å². The zero-order chi connectivity index (χ0) is 18.3. The highest BCUT2D eigenvalue weighted by Gasteiger charge is 2.09. The van der Waals surface area contributed by atoms with Gasteiger partial charge in [0.15, 0.2) is 0 Å². The van der Waals surface area contributed by atoms with Gasteiger partial charge in [0.2, 0.25) is 0 Å². The molecule has 5 bridgehead atoms. The third-order valence-corrected chi connectivity index (χ3v) is 5.55. The number of rotatable bonds is 0. The molecule has 2 aliphatic heterocycles. The lowest BCUT2D eigenvalue weighted by atomic mass is 9.98. The molecule has 2 aromatic rings. The summed E-state index contributed by atoms with van der Waals surface area (Å²) in [5.74, 6) is 0. The van der Waals surface area contributed by atoms with Gasteiger partial charge in [-0.15, -0.1) is 0 Å². The Hall–Kier alpha value is -1.68. The number of ether oxygens (including phenoxy) is 3. The molecule has 0 N–H and O–H groups in total. The van der Waals surface area contributed by atoms with Gasteiger partial charge in [0.25, 0.3) is 0 Å². The molecule has 2 heterocycles. The monoisotopic (exact) mass is 366 g/mol. The number of fused-ring (bicyclic) bond motifs is 7. The van der Waals surface area contributed by atoms with E-state index in [0.29, 0.717) is 0 Å². The summed E-state index contributed by atoms with van der Waals surface area (Å²) in [6, 6.07) is 13.8. The molecule has 2 aromatic carbocycles. The normalized spacial score (nSPS) is 19.1. The molecule has 0 atom stereocenters. The van der Waals surface area contributed by atoms with Crippen LogP contribution < -0.4 is 0 Å². The van der Waals surface area contributed by atoms with Crippen LogP contribution in [-0.4, -0.2) is 39.6 Å². The van der Waals surface area contributed by atoms with Crippen LogP contribution in [0.5, 0.6) is 0 Å². The van der Waals surface area contributed by atoms with Gasteiger partial charge in [0.05, 0.1) is 39.6 Å². The van der Waals surface area contributed by atoms with Crippen LogP contribution in [0.2, 0.25) is 0 Å². The van der Waals surface area contributed by atoms with Gasteiger partial charge in [-0.25, -0.2) is 0 Å². The fourth-order valence-electron chi connectivity index (χ4n) is 4.01. The van der Waals surface area contributed by atoms with Gasteiger partial charge in [-0.1, -0.05) is 36.4 Å². The molecule has 144 valence electrons. The molecule has 0 saturated heterocycles. The maximum Gasteiger partial charge on any atom is 0.0506 e. The van der Waals surface area contributed by atoms with E-state index in [1.165, 1.54) is 33.4 Å². The van der Waals surface area contributed by atoms with Crippen LogP contribution in [0.4, 0.5) is 0 Å². The second-order valence-corrected chi connectivity index (χ2v) is 7.60. The summed E-state index contributed by atoms with van der Waals surface area (Å²) in [5, 5.41) is 0. The Balaban J connectivity index is 1.63. The van der Waals surface area contributed by atoms with E-state index >= 15 is 0 Å². The third kappa shape index (κ3) is 5.41. The highest BCUT2D eigenvalue weighted by molar-refractivity contribution is 5.33. The van der Waals surface area contributed by atoms with Crippen molar-refractivity contribution in [2.75, 3.05) is 39.6 Å². The summed E-state index contributed by atoms with van der Waals surface area (Å²) < 4.78 is 17.9. The van der Waals surface area contributed by atoms with Crippen molar-refractivity contribution >= 4 is 0 Å². The molecule has 0 spiro atoms. The standard InChI is InChI=1S/C24H30O3/c1-2-23-7-13-26-11-5-21-15-20-4-10-25-9-3-19(1)18-24(23)8-14-27-12-6-22(16-20)17-21/h1-2,15-18H,3-14H2. The number of benzene rings is 2. The van der Waals surface area contributed by atoms with E-state index < -0.39 is 0 Å². The van der Waals surface area contributed by atoms with Crippen LogP contribution in [0.1, 0.15) is 33.4 Å². The summed E-state index contributed by atoms with van der Waals surface area (Å²) in [7, 11) is 0. The molecule has 0 unspecified atom stereocenters. The van der Waals surface area contributed by atoms with Gasteiger partial charge in [-0.3, -0.25) is 0 Å². The largest absolute Gasteiger partial charge is 0.381 e. The van der Waals surface area contributed by atoms with E-state index in [-0.39, 0.29) is 0 Å². The first-order chi connectivity index (χ1) is 13.4. The van der Waals surface area contributed by atoms with Crippen LogP contribution in [0.15, 0.2) is 36.4 Å². The van der Waals surface area contributed by atoms with Gasteiger partial charge in [-0.05, 0) is 71.9 Å². The van der Waals surface area contributed by atoms with E-state index in [9.17, 15) is 0 Å². The lowest BCUT2D eigenvalue weighted by Gasteiger charge is -2.13. The summed E-state index contributed by atoms with van der Waals surface area (Å²) in [6.45, 7) is 4.68. The molecule has 3 nitrogen and oxygen atoms in total. The van der Waals surface area contributed by atoms with Gasteiger partial charge < -0.3 is 14.2 Å². The minimum absolute atomic E-state index is 0.778. The first kappa shape index (κ1) is 18.7. The van der Waals surface area contributed by atoms with E-state index in [1.54, 1.807) is 0 Å². The third-order valence-electron chi connectivity index (χ3n) is 5.55. The van der Waals surface area contributed by atoms with Crippen molar-refractivity contribution in [1.29, 1.82) is 0 Å². The number of hydrogen-bond acceptors (Lipinski definition) is 3. The quantitative estimate of drug-likeness (QED) is 0.711. The Morgan fingerprint density at radius 1 is 0.407 bits per heavy atom. The Morgan fingerprint density at radius 3 is 1.41 bits per heavy atom. The Morgan fingerprint density at radius 2 is 0.852 bits per heavy atom. The van der Waals surface area contributed by atoms with E-state index in [2.05, 4.69) is 36.4 Å². The molecule has 0 aromatic heterocycles. The Bertz CT molecular complexity index is 753. The maximum atomic E-state index is 6.00. The molecule has 0 radical (unpaired) electrons. The lowest BCUT2D eigenvalue weighted by Crippen LogP contribution is -2.09. The summed E-state index contributed by atoms with van der Waals surface area (Å²) in [4.78, 5) is 0. The van der Waals surface area contributed by atoms with Gasteiger partial charge in [0, 0.05) is 0 Å². The fourth-order valence-corrected chi connectivity index (χ4v) is 4.01. The zero-order valence-corrected chi connectivity index (χ0v) is 16.2. The van der Waals surface area contributed by atoms with E-state index in [1.807, 2.05) is 0 Å². The SMILES string of the molecule is c1cc2c3cc1CCOCCc1cc(cc(c1)CCOCC3)CCOCC2. The fraction of sp³-hybridized carbons (Fsp3) is 0.500. The predicted molar refractivity (Wildman–Crippen MR) is 108 cm³/mol. The Labute approximate surface area is 162 Å². The first-order valence-electron chi connectivity index (χ1n) is 10.3. The molecule has 27 heavy (non-hydrogen) atoms. The molecule has 0 amide bonds. The second kappa shape index (κ2) is 9.50.